The third kappa shape index (κ3) is 2.55. The Morgan fingerprint density at radius 1 is 1.50 bits per heavy atom. The second-order valence-corrected chi connectivity index (χ2v) is 3.41. The zero-order valence-electron chi connectivity index (χ0n) is 8.62. The zero-order chi connectivity index (χ0) is 10.6. The molecule has 0 amide bonds. The predicted octanol–water partition coefficient (Wildman–Crippen LogP) is 1.53. The summed E-state index contributed by atoms with van der Waals surface area (Å²) >= 11 is 0. The largest absolute Gasteiger partial charge is 0.308 e. The van der Waals surface area contributed by atoms with Gasteiger partial charge in [0.25, 0.3) is 5.56 Å². The zero-order valence-corrected chi connectivity index (χ0v) is 8.62. The van der Waals surface area contributed by atoms with E-state index in [1.54, 1.807) is 25.3 Å². The van der Waals surface area contributed by atoms with Gasteiger partial charge in [-0.25, -0.2) is 0 Å². The van der Waals surface area contributed by atoms with E-state index < -0.39 is 0 Å². The van der Waals surface area contributed by atoms with Crippen LogP contribution < -0.4 is 5.56 Å². The smallest absolute Gasteiger partial charge is 0.253 e. The molecule has 3 nitrogen and oxygen atoms in total. The number of hydrogen-bond donors (Lipinski definition) is 0. The normalized spacial score (nSPS) is 10.1. The van der Waals surface area contributed by atoms with Gasteiger partial charge < -0.3 is 4.57 Å². The SMILES string of the molecule is CCCC(=O)Cn1cccc(C)c1=O. The molecule has 3 heteroatoms. The highest BCUT2D eigenvalue weighted by Gasteiger charge is 2.03. The van der Waals surface area contributed by atoms with Crippen LogP contribution in [0.3, 0.4) is 0 Å². The quantitative estimate of drug-likeness (QED) is 0.727. The monoisotopic (exact) mass is 193 g/mol. The second kappa shape index (κ2) is 4.74. The van der Waals surface area contributed by atoms with Gasteiger partial charge in [-0.3, -0.25) is 9.59 Å². The van der Waals surface area contributed by atoms with Gasteiger partial charge in [-0.2, -0.15) is 0 Å². The lowest BCUT2D eigenvalue weighted by Gasteiger charge is -2.04. The van der Waals surface area contributed by atoms with Gasteiger partial charge in [-0.1, -0.05) is 13.0 Å². The number of rotatable bonds is 4. The van der Waals surface area contributed by atoms with Crippen molar-refractivity contribution in [3.63, 3.8) is 0 Å². The van der Waals surface area contributed by atoms with E-state index in [0.717, 1.165) is 6.42 Å². The number of aromatic nitrogens is 1. The molecule has 0 spiro atoms. The molecule has 0 aliphatic rings. The molecule has 0 unspecified atom stereocenters. The third-order valence-corrected chi connectivity index (χ3v) is 2.09. The Kier molecular flexibility index (Phi) is 3.63. The summed E-state index contributed by atoms with van der Waals surface area (Å²) in [4.78, 5) is 22.8. The van der Waals surface area contributed by atoms with Crippen LogP contribution in [0, 0.1) is 6.92 Å². The molecule has 1 aromatic heterocycles. The van der Waals surface area contributed by atoms with Crippen molar-refractivity contribution in [2.24, 2.45) is 0 Å². The number of aryl methyl sites for hydroxylation is 1. The minimum atomic E-state index is -0.0723. The van der Waals surface area contributed by atoms with Gasteiger partial charge in [0.15, 0.2) is 5.78 Å². The maximum atomic E-state index is 11.5. The Morgan fingerprint density at radius 2 is 2.21 bits per heavy atom. The lowest BCUT2D eigenvalue weighted by molar-refractivity contribution is -0.119. The molecule has 0 bridgehead atoms. The van der Waals surface area contributed by atoms with E-state index in [-0.39, 0.29) is 17.9 Å². The first kappa shape index (κ1) is 10.7. The Labute approximate surface area is 83.4 Å². The molecule has 0 radical (unpaired) electrons. The van der Waals surface area contributed by atoms with Crippen molar-refractivity contribution < 1.29 is 4.79 Å². The Balaban J connectivity index is 2.82. The van der Waals surface area contributed by atoms with E-state index in [1.807, 2.05) is 6.92 Å². The molecule has 76 valence electrons. The van der Waals surface area contributed by atoms with E-state index in [0.29, 0.717) is 12.0 Å². The Morgan fingerprint density at radius 3 is 2.86 bits per heavy atom. The lowest BCUT2D eigenvalue weighted by atomic mass is 10.2. The first-order valence-electron chi connectivity index (χ1n) is 4.83. The molecule has 0 saturated heterocycles. The lowest BCUT2D eigenvalue weighted by Crippen LogP contribution is -2.24. The Hall–Kier alpha value is -1.38. The average Bonchev–Trinajstić information content (AvgIpc) is 2.13. The number of pyridine rings is 1. The minimum Gasteiger partial charge on any atom is -0.308 e. The van der Waals surface area contributed by atoms with Crippen molar-refractivity contribution >= 4 is 5.78 Å². The number of nitrogens with zero attached hydrogens (tertiary/aromatic N) is 1. The van der Waals surface area contributed by atoms with Crippen molar-refractivity contribution in [3.05, 3.63) is 34.2 Å². The van der Waals surface area contributed by atoms with Crippen LogP contribution in [0.25, 0.3) is 0 Å². The molecule has 14 heavy (non-hydrogen) atoms. The summed E-state index contributed by atoms with van der Waals surface area (Å²) in [5.41, 5.74) is 0.605. The maximum absolute atomic E-state index is 11.5. The number of hydrogen-bond acceptors (Lipinski definition) is 2. The van der Waals surface area contributed by atoms with Crippen LogP contribution in [0.4, 0.5) is 0 Å². The average molecular weight is 193 g/mol. The molecule has 0 N–H and O–H groups in total. The molecule has 0 fully saturated rings. The number of ketones is 1. The van der Waals surface area contributed by atoms with Crippen LogP contribution in [0.15, 0.2) is 23.1 Å². The van der Waals surface area contributed by atoms with Gasteiger partial charge in [0.2, 0.25) is 0 Å². The van der Waals surface area contributed by atoms with E-state index in [4.69, 9.17) is 0 Å². The predicted molar refractivity (Wildman–Crippen MR) is 55.4 cm³/mol. The molecule has 0 aliphatic carbocycles. The summed E-state index contributed by atoms with van der Waals surface area (Å²) in [6.07, 6.45) is 3.03. The molecular formula is C11H15NO2. The van der Waals surface area contributed by atoms with Crippen molar-refractivity contribution in [1.29, 1.82) is 0 Å². The Bertz CT molecular complexity index is 379. The van der Waals surface area contributed by atoms with Gasteiger partial charge in [0.05, 0.1) is 6.54 Å². The van der Waals surface area contributed by atoms with Crippen molar-refractivity contribution in [3.8, 4) is 0 Å². The highest BCUT2D eigenvalue weighted by Crippen LogP contribution is 1.94. The van der Waals surface area contributed by atoms with Crippen molar-refractivity contribution in [1.82, 2.24) is 4.57 Å². The van der Waals surface area contributed by atoms with Crippen molar-refractivity contribution in [2.75, 3.05) is 0 Å². The minimum absolute atomic E-state index is 0.0723. The van der Waals surface area contributed by atoms with Gasteiger partial charge in [-0.05, 0) is 19.4 Å². The van der Waals surface area contributed by atoms with E-state index in [2.05, 4.69) is 0 Å². The van der Waals surface area contributed by atoms with Gasteiger partial charge in [-0.15, -0.1) is 0 Å². The third-order valence-electron chi connectivity index (χ3n) is 2.09. The van der Waals surface area contributed by atoms with Crippen LogP contribution >= 0.6 is 0 Å². The molecule has 0 saturated carbocycles. The summed E-state index contributed by atoms with van der Waals surface area (Å²) in [5, 5.41) is 0. The fraction of sp³-hybridized carbons (Fsp3) is 0.455. The van der Waals surface area contributed by atoms with E-state index >= 15 is 0 Å². The molecule has 0 aliphatic heterocycles. The van der Waals surface area contributed by atoms with E-state index in [1.165, 1.54) is 4.57 Å². The molecule has 1 rings (SSSR count). The van der Waals surface area contributed by atoms with Gasteiger partial charge >= 0.3 is 0 Å². The maximum Gasteiger partial charge on any atom is 0.253 e. The molecule has 0 aromatic carbocycles. The second-order valence-electron chi connectivity index (χ2n) is 3.41. The fourth-order valence-electron chi connectivity index (χ4n) is 1.33. The van der Waals surface area contributed by atoms with Crippen LogP contribution in [0.5, 0.6) is 0 Å². The standard InChI is InChI=1S/C11H15NO2/c1-3-5-10(13)8-12-7-4-6-9(2)11(12)14/h4,6-7H,3,5,8H2,1-2H3. The topological polar surface area (TPSA) is 39.1 Å². The highest BCUT2D eigenvalue weighted by molar-refractivity contribution is 5.78. The van der Waals surface area contributed by atoms with Crippen LogP contribution in [0.2, 0.25) is 0 Å². The van der Waals surface area contributed by atoms with E-state index in [9.17, 15) is 9.59 Å². The summed E-state index contributed by atoms with van der Waals surface area (Å²) in [5.74, 6) is 0.111. The van der Waals surface area contributed by atoms with Gasteiger partial charge in [0.1, 0.15) is 0 Å². The number of Topliss-reactive ketones (excluding diaryl/α,β-unsaturated/α-hetero) is 1. The summed E-state index contributed by atoms with van der Waals surface area (Å²) in [6, 6.07) is 3.54. The molecular weight excluding hydrogens is 178 g/mol. The van der Waals surface area contributed by atoms with Gasteiger partial charge in [0, 0.05) is 18.2 Å². The van der Waals surface area contributed by atoms with Crippen LogP contribution in [-0.4, -0.2) is 10.4 Å². The highest BCUT2D eigenvalue weighted by atomic mass is 16.1. The number of carbonyl (C=O) groups is 1. The van der Waals surface area contributed by atoms with Crippen LogP contribution in [-0.2, 0) is 11.3 Å². The first-order valence-corrected chi connectivity index (χ1v) is 4.83. The summed E-state index contributed by atoms with van der Waals surface area (Å²) in [7, 11) is 0. The molecule has 1 aromatic rings. The van der Waals surface area contributed by atoms with Crippen LogP contribution in [0.1, 0.15) is 25.3 Å². The van der Waals surface area contributed by atoms with Crippen molar-refractivity contribution in [2.45, 2.75) is 33.2 Å². The molecule has 0 atom stereocenters. The fourth-order valence-corrected chi connectivity index (χ4v) is 1.33. The first-order chi connectivity index (χ1) is 6.65. The number of carbonyl (C=O) groups excluding carboxylic acids is 1. The summed E-state index contributed by atoms with van der Waals surface area (Å²) in [6.45, 7) is 3.91. The molecule has 1 heterocycles. The summed E-state index contributed by atoms with van der Waals surface area (Å²) < 4.78 is 1.47.